The first kappa shape index (κ1) is 13.2. The van der Waals surface area contributed by atoms with Gasteiger partial charge in [-0.1, -0.05) is 12.1 Å². The molecule has 0 aliphatic carbocycles. The average Bonchev–Trinajstić information content (AvgIpc) is 2.27. The fraction of sp³-hybridized carbons (Fsp3) is 0.308. The number of hydrogen-bond donors (Lipinski definition) is 1. The number of anilines is 1. The van der Waals surface area contributed by atoms with Gasteiger partial charge in [0.25, 0.3) is 0 Å². The second-order valence-electron chi connectivity index (χ2n) is 3.52. The zero-order chi connectivity index (χ0) is 12.7. The Balaban J connectivity index is 2.43. The van der Waals surface area contributed by atoms with Crippen LogP contribution in [0.3, 0.4) is 0 Å². The lowest BCUT2D eigenvalue weighted by atomic mass is 10.2. The van der Waals surface area contributed by atoms with Crippen LogP contribution in [-0.4, -0.2) is 19.1 Å². The van der Waals surface area contributed by atoms with Gasteiger partial charge in [0.15, 0.2) is 0 Å². The Morgan fingerprint density at radius 2 is 2.29 bits per heavy atom. The van der Waals surface area contributed by atoms with E-state index in [4.69, 9.17) is 4.74 Å². The molecule has 92 valence electrons. The molecule has 0 heterocycles. The van der Waals surface area contributed by atoms with Crippen LogP contribution in [0.1, 0.15) is 12.5 Å². The molecule has 0 unspecified atom stereocenters. The van der Waals surface area contributed by atoms with Gasteiger partial charge in [-0.05, 0) is 31.5 Å². The van der Waals surface area contributed by atoms with Gasteiger partial charge in [0.1, 0.15) is 5.82 Å². The highest BCUT2D eigenvalue weighted by Gasteiger charge is 1.99. The second-order valence-corrected chi connectivity index (χ2v) is 3.52. The summed E-state index contributed by atoms with van der Waals surface area (Å²) in [4.78, 5) is 11.0. The molecule has 0 atom stereocenters. The van der Waals surface area contributed by atoms with Crippen molar-refractivity contribution in [1.29, 1.82) is 0 Å². The number of ether oxygens (including phenoxy) is 1. The Bertz CT molecular complexity index is 416. The van der Waals surface area contributed by atoms with Gasteiger partial charge >= 0.3 is 5.97 Å². The number of rotatable bonds is 5. The maximum absolute atomic E-state index is 13.4. The Hall–Kier alpha value is -1.84. The largest absolute Gasteiger partial charge is 0.463 e. The third-order valence-corrected chi connectivity index (χ3v) is 2.08. The fourth-order valence-electron chi connectivity index (χ4n) is 1.28. The first-order valence-corrected chi connectivity index (χ1v) is 5.46. The second kappa shape index (κ2) is 6.68. The van der Waals surface area contributed by atoms with E-state index < -0.39 is 5.97 Å². The zero-order valence-electron chi connectivity index (χ0n) is 10.00. The number of esters is 1. The third kappa shape index (κ3) is 4.68. The van der Waals surface area contributed by atoms with Crippen LogP contribution in [0.4, 0.5) is 10.1 Å². The lowest BCUT2D eigenvalue weighted by Crippen LogP contribution is -2.03. The molecule has 1 aromatic carbocycles. The highest BCUT2D eigenvalue weighted by atomic mass is 19.1. The topological polar surface area (TPSA) is 38.3 Å². The van der Waals surface area contributed by atoms with E-state index in [1.807, 2.05) is 13.0 Å². The Labute approximate surface area is 100 Å². The summed E-state index contributed by atoms with van der Waals surface area (Å²) in [5.41, 5.74) is 1.29. The number of aryl methyl sites for hydroxylation is 1. The van der Waals surface area contributed by atoms with E-state index in [2.05, 4.69) is 5.32 Å². The molecule has 0 aliphatic heterocycles. The van der Waals surface area contributed by atoms with Gasteiger partial charge in [0, 0.05) is 12.6 Å². The molecule has 1 aromatic rings. The van der Waals surface area contributed by atoms with Crippen LogP contribution in [-0.2, 0) is 9.53 Å². The van der Waals surface area contributed by atoms with E-state index in [0.29, 0.717) is 18.8 Å². The Morgan fingerprint density at radius 3 is 2.94 bits per heavy atom. The van der Waals surface area contributed by atoms with Crippen LogP contribution in [0.25, 0.3) is 0 Å². The van der Waals surface area contributed by atoms with Crippen LogP contribution in [0.15, 0.2) is 30.4 Å². The number of nitrogens with one attached hydrogen (secondary N) is 1. The number of hydrogen-bond acceptors (Lipinski definition) is 3. The minimum atomic E-state index is -0.390. The molecular weight excluding hydrogens is 221 g/mol. The summed E-state index contributed by atoms with van der Waals surface area (Å²) >= 11 is 0. The van der Waals surface area contributed by atoms with Crippen molar-refractivity contribution in [1.82, 2.24) is 0 Å². The quantitative estimate of drug-likeness (QED) is 0.632. The van der Waals surface area contributed by atoms with Crippen molar-refractivity contribution in [3.8, 4) is 0 Å². The molecule has 0 radical (unpaired) electrons. The minimum Gasteiger partial charge on any atom is -0.463 e. The number of halogens is 1. The molecule has 0 aromatic heterocycles. The molecule has 4 heteroatoms. The SMILES string of the molecule is CCOC(=O)/C=C/CNc1ccc(C)cc1F. The average molecular weight is 237 g/mol. The summed E-state index contributed by atoms with van der Waals surface area (Å²) < 4.78 is 18.1. The van der Waals surface area contributed by atoms with Crippen molar-refractivity contribution in [2.24, 2.45) is 0 Å². The first-order valence-electron chi connectivity index (χ1n) is 5.46. The van der Waals surface area contributed by atoms with Crippen molar-refractivity contribution in [2.75, 3.05) is 18.5 Å². The van der Waals surface area contributed by atoms with E-state index >= 15 is 0 Å². The van der Waals surface area contributed by atoms with Crippen LogP contribution in [0.5, 0.6) is 0 Å². The summed E-state index contributed by atoms with van der Waals surface area (Å²) in [5.74, 6) is -0.687. The Kier molecular flexibility index (Phi) is 5.20. The summed E-state index contributed by atoms with van der Waals surface area (Å²) in [6.45, 7) is 4.29. The standard InChI is InChI=1S/C13H16FNO2/c1-3-17-13(16)5-4-8-15-12-7-6-10(2)9-11(12)14/h4-7,9,15H,3,8H2,1-2H3/b5-4+. The monoisotopic (exact) mass is 237 g/mol. The van der Waals surface area contributed by atoms with E-state index in [0.717, 1.165) is 5.56 Å². The molecule has 0 spiro atoms. The highest BCUT2D eigenvalue weighted by Crippen LogP contribution is 2.14. The van der Waals surface area contributed by atoms with E-state index in [-0.39, 0.29) is 5.82 Å². The molecule has 1 N–H and O–H groups in total. The van der Waals surface area contributed by atoms with Gasteiger partial charge in [-0.3, -0.25) is 0 Å². The van der Waals surface area contributed by atoms with Crippen molar-refractivity contribution in [3.05, 3.63) is 41.7 Å². The Morgan fingerprint density at radius 1 is 1.53 bits per heavy atom. The highest BCUT2D eigenvalue weighted by molar-refractivity contribution is 5.81. The lowest BCUT2D eigenvalue weighted by molar-refractivity contribution is -0.137. The third-order valence-electron chi connectivity index (χ3n) is 2.08. The zero-order valence-corrected chi connectivity index (χ0v) is 10.00. The summed E-state index contributed by atoms with van der Waals surface area (Å²) in [6, 6.07) is 4.95. The van der Waals surface area contributed by atoms with Gasteiger partial charge in [-0.25, -0.2) is 9.18 Å². The van der Waals surface area contributed by atoms with Crippen LogP contribution >= 0.6 is 0 Å². The predicted octanol–water partition coefficient (Wildman–Crippen LogP) is 2.67. The summed E-state index contributed by atoms with van der Waals surface area (Å²) in [6.07, 6.45) is 2.92. The molecule has 17 heavy (non-hydrogen) atoms. The molecular formula is C13H16FNO2. The van der Waals surface area contributed by atoms with Crippen LogP contribution < -0.4 is 5.32 Å². The molecule has 3 nitrogen and oxygen atoms in total. The van der Waals surface area contributed by atoms with Crippen molar-refractivity contribution < 1.29 is 13.9 Å². The number of carbonyl (C=O) groups excluding carboxylic acids is 1. The predicted molar refractivity (Wildman–Crippen MR) is 65.4 cm³/mol. The fourth-order valence-corrected chi connectivity index (χ4v) is 1.28. The first-order chi connectivity index (χ1) is 8.13. The summed E-state index contributed by atoms with van der Waals surface area (Å²) in [5, 5.41) is 2.87. The normalized spacial score (nSPS) is 10.5. The smallest absolute Gasteiger partial charge is 0.330 e. The van der Waals surface area contributed by atoms with Crippen molar-refractivity contribution in [2.45, 2.75) is 13.8 Å². The van der Waals surface area contributed by atoms with Crippen LogP contribution in [0.2, 0.25) is 0 Å². The molecule has 0 aliphatic rings. The summed E-state index contributed by atoms with van der Waals surface area (Å²) in [7, 11) is 0. The molecule has 0 bridgehead atoms. The lowest BCUT2D eigenvalue weighted by Gasteiger charge is -2.05. The van der Waals surface area contributed by atoms with Crippen LogP contribution in [0, 0.1) is 12.7 Å². The van der Waals surface area contributed by atoms with Crippen molar-refractivity contribution in [3.63, 3.8) is 0 Å². The van der Waals surface area contributed by atoms with Crippen molar-refractivity contribution >= 4 is 11.7 Å². The van der Waals surface area contributed by atoms with Gasteiger partial charge in [-0.2, -0.15) is 0 Å². The molecule has 0 saturated heterocycles. The van der Waals surface area contributed by atoms with Gasteiger partial charge in [-0.15, -0.1) is 0 Å². The van der Waals surface area contributed by atoms with Gasteiger partial charge in [0.05, 0.1) is 12.3 Å². The van der Waals surface area contributed by atoms with E-state index in [1.165, 1.54) is 12.1 Å². The number of benzene rings is 1. The molecule has 1 rings (SSSR count). The van der Waals surface area contributed by atoms with Gasteiger partial charge in [0.2, 0.25) is 0 Å². The number of carbonyl (C=O) groups is 1. The van der Waals surface area contributed by atoms with E-state index in [1.54, 1.807) is 19.1 Å². The molecule has 0 amide bonds. The maximum Gasteiger partial charge on any atom is 0.330 e. The molecule has 0 saturated carbocycles. The molecule has 0 fully saturated rings. The van der Waals surface area contributed by atoms with E-state index in [9.17, 15) is 9.18 Å². The minimum absolute atomic E-state index is 0.297. The van der Waals surface area contributed by atoms with Gasteiger partial charge < -0.3 is 10.1 Å². The maximum atomic E-state index is 13.4.